The second-order valence-electron chi connectivity index (χ2n) is 6.79. The Kier molecular flexibility index (Phi) is 6.63. The van der Waals surface area contributed by atoms with Crippen LogP contribution >= 0.6 is 0 Å². The third kappa shape index (κ3) is 5.09. The first-order valence-electron chi connectivity index (χ1n) is 9.61. The molecule has 1 saturated heterocycles. The number of amides is 2. The maximum Gasteiger partial charge on any atom is 0.253 e. The number of benzene rings is 2. The monoisotopic (exact) mass is 384 g/mol. The van der Waals surface area contributed by atoms with Crippen molar-refractivity contribution in [1.82, 2.24) is 9.80 Å². The Labute approximate surface area is 164 Å². The molecule has 28 heavy (non-hydrogen) atoms. The Morgan fingerprint density at radius 2 is 1.57 bits per heavy atom. The summed E-state index contributed by atoms with van der Waals surface area (Å²) in [4.78, 5) is 28.8. The molecular formula is C22H25FN2O3. The molecule has 6 heteroatoms. The fraction of sp³-hybridized carbons (Fsp3) is 0.364. The highest BCUT2D eigenvalue weighted by Crippen LogP contribution is 2.15. The molecular weight excluding hydrogens is 359 g/mol. The molecule has 5 nitrogen and oxygen atoms in total. The van der Waals surface area contributed by atoms with Crippen LogP contribution < -0.4 is 4.74 Å². The van der Waals surface area contributed by atoms with Crippen LogP contribution in [0.25, 0.3) is 0 Å². The molecule has 148 valence electrons. The van der Waals surface area contributed by atoms with Crippen molar-refractivity contribution in [2.75, 3.05) is 32.8 Å². The smallest absolute Gasteiger partial charge is 0.253 e. The van der Waals surface area contributed by atoms with Gasteiger partial charge < -0.3 is 14.5 Å². The van der Waals surface area contributed by atoms with Gasteiger partial charge in [0.25, 0.3) is 5.91 Å². The Balaban J connectivity index is 1.56. The van der Waals surface area contributed by atoms with Gasteiger partial charge in [-0.3, -0.25) is 9.59 Å². The van der Waals surface area contributed by atoms with Crippen molar-refractivity contribution in [3.63, 3.8) is 0 Å². The maximum absolute atomic E-state index is 13.1. The molecule has 1 aliphatic rings. The standard InChI is InChI=1S/C22H25FN2O3/c1-2-28-20-10-4-17(5-11-20)16-21(26)24-12-3-13-25(15-14-24)22(27)18-6-8-19(23)9-7-18/h4-11H,2-3,12-16H2,1H3. The van der Waals surface area contributed by atoms with E-state index in [1.54, 1.807) is 4.90 Å². The first kappa shape index (κ1) is 19.9. The minimum atomic E-state index is -0.363. The molecule has 1 fully saturated rings. The van der Waals surface area contributed by atoms with Crippen LogP contribution in [0.15, 0.2) is 48.5 Å². The largest absolute Gasteiger partial charge is 0.494 e. The minimum absolute atomic E-state index is 0.0558. The highest BCUT2D eigenvalue weighted by molar-refractivity contribution is 5.94. The van der Waals surface area contributed by atoms with Gasteiger partial charge in [-0.25, -0.2) is 4.39 Å². The fourth-order valence-corrected chi connectivity index (χ4v) is 3.30. The molecule has 0 aromatic heterocycles. The van der Waals surface area contributed by atoms with E-state index in [0.29, 0.717) is 44.8 Å². The van der Waals surface area contributed by atoms with Crippen molar-refractivity contribution in [3.05, 3.63) is 65.5 Å². The predicted molar refractivity (Wildman–Crippen MR) is 105 cm³/mol. The van der Waals surface area contributed by atoms with E-state index >= 15 is 0 Å². The van der Waals surface area contributed by atoms with Gasteiger partial charge in [-0.05, 0) is 55.3 Å². The molecule has 0 radical (unpaired) electrons. The minimum Gasteiger partial charge on any atom is -0.494 e. The lowest BCUT2D eigenvalue weighted by atomic mass is 10.1. The number of nitrogens with zero attached hydrogens (tertiary/aromatic N) is 2. The molecule has 0 unspecified atom stereocenters. The summed E-state index contributed by atoms with van der Waals surface area (Å²) in [5.74, 6) is 0.364. The summed E-state index contributed by atoms with van der Waals surface area (Å²) in [6.45, 7) is 4.74. The third-order valence-corrected chi connectivity index (χ3v) is 4.82. The van der Waals surface area contributed by atoms with Gasteiger partial charge in [0.2, 0.25) is 5.91 Å². The lowest BCUT2D eigenvalue weighted by molar-refractivity contribution is -0.130. The Morgan fingerprint density at radius 1 is 0.929 bits per heavy atom. The first-order valence-corrected chi connectivity index (χ1v) is 9.61. The number of halogens is 1. The van der Waals surface area contributed by atoms with Crippen LogP contribution in [0.1, 0.15) is 29.3 Å². The Hall–Kier alpha value is -2.89. The van der Waals surface area contributed by atoms with E-state index in [9.17, 15) is 14.0 Å². The van der Waals surface area contributed by atoms with Crippen molar-refractivity contribution >= 4 is 11.8 Å². The van der Waals surface area contributed by atoms with Crippen LogP contribution in [0, 0.1) is 5.82 Å². The van der Waals surface area contributed by atoms with Gasteiger partial charge in [-0.1, -0.05) is 12.1 Å². The highest BCUT2D eigenvalue weighted by Gasteiger charge is 2.23. The van der Waals surface area contributed by atoms with Gasteiger partial charge in [0.1, 0.15) is 11.6 Å². The van der Waals surface area contributed by atoms with Gasteiger partial charge in [0.05, 0.1) is 13.0 Å². The zero-order chi connectivity index (χ0) is 19.9. The molecule has 0 atom stereocenters. The summed E-state index contributed by atoms with van der Waals surface area (Å²) in [7, 11) is 0. The molecule has 0 spiro atoms. The number of hydrogen-bond acceptors (Lipinski definition) is 3. The lowest BCUT2D eigenvalue weighted by Gasteiger charge is -2.22. The van der Waals surface area contributed by atoms with E-state index in [1.807, 2.05) is 36.1 Å². The molecule has 0 aliphatic carbocycles. The van der Waals surface area contributed by atoms with Crippen molar-refractivity contribution in [2.24, 2.45) is 0 Å². The van der Waals surface area contributed by atoms with Crippen LogP contribution in [0.2, 0.25) is 0 Å². The van der Waals surface area contributed by atoms with E-state index in [-0.39, 0.29) is 17.6 Å². The summed E-state index contributed by atoms with van der Waals surface area (Å²) in [6.07, 6.45) is 1.06. The average Bonchev–Trinajstić information content (AvgIpc) is 2.96. The summed E-state index contributed by atoms with van der Waals surface area (Å²) in [6, 6.07) is 13.1. The van der Waals surface area contributed by atoms with Gasteiger partial charge in [0, 0.05) is 31.7 Å². The number of rotatable bonds is 5. The third-order valence-electron chi connectivity index (χ3n) is 4.82. The number of carbonyl (C=O) groups excluding carboxylic acids is 2. The summed E-state index contributed by atoms with van der Waals surface area (Å²) >= 11 is 0. The second-order valence-corrected chi connectivity index (χ2v) is 6.79. The van der Waals surface area contributed by atoms with E-state index in [4.69, 9.17) is 4.74 Å². The van der Waals surface area contributed by atoms with Gasteiger partial charge >= 0.3 is 0 Å². The van der Waals surface area contributed by atoms with E-state index in [2.05, 4.69) is 0 Å². The van der Waals surface area contributed by atoms with Crippen LogP contribution in [-0.4, -0.2) is 54.4 Å². The molecule has 1 aliphatic heterocycles. The summed E-state index contributed by atoms with van der Waals surface area (Å²) in [5.41, 5.74) is 1.41. The van der Waals surface area contributed by atoms with Gasteiger partial charge in [0.15, 0.2) is 0 Å². The van der Waals surface area contributed by atoms with Crippen LogP contribution in [0.4, 0.5) is 4.39 Å². The summed E-state index contributed by atoms with van der Waals surface area (Å²) < 4.78 is 18.5. The quantitative estimate of drug-likeness (QED) is 0.796. The molecule has 0 bridgehead atoms. The SMILES string of the molecule is CCOc1ccc(CC(=O)N2CCCN(C(=O)c3ccc(F)cc3)CC2)cc1. The van der Waals surface area contributed by atoms with Crippen molar-refractivity contribution in [3.8, 4) is 5.75 Å². The molecule has 0 saturated carbocycles. The Bertz CT molecular complexity index is 806. The molecule has 1 heterocycles. The van der Waals surface area contributed by atoms with E-state index in [1.165, 1.54) is 24.3 Å². The lowest BCUT2D eigenvalue weighted by Crippen LogP contribution is -2.38. The predicted octanol–water partition coefficient (Wildman–Crippen LogP) is 3.14. The number of carbonyl (C=O) groups is 2. The number of hydrogen-bond donors (Lipinski definition) is 0. The molecule has 2 amide bonds. The first-order chi connectivity index (χ1) is 13.6. The van der Waals surface area contributed by atoms with Crippen LogP contribution in [0.5, 0.6) is 5.75 Å². The molecule has 2 aromatic rings. The Morgan fingerprint density at radius 3 is 2.25 bits per heavy atom. The number of ether oxygens (including phenoxy) is 1. The highest BCUT2D eigenvalue weighted by atomic mass is 19.1. The topological polar surface area (TPSA) is 49.9 Å². The maximum atomic E-state index is 13.1. The van der Waals surface area contributed by atoms with Crippen LogP contribution in [-0.2, 0) is 11.2 Å². The molecule has 0 N–H and O–H groups in total. The van der Waals surface area contributed by atoms with Gasteiger partial charge in [-0.2, -0.15) is 0 Å². The average molecular weight is 384 g/mol. The van der Waals surface area contributed by atoms with Crippen molar-refractivity contribution in [2.45, 2.75) is 19.8 Å². The van der Waals surface area contributed by atoms with E-state index < -0.39 is 0 Å². The second kappa shape index (κ2) is 9.35. The van der Waals surface area contributed by atoms with Crippen molar-refractivity contribution in [1.29, 1.82) is 0 Å². The molecule has 3 rings (SSSR count). The normalized spacial score (nSPS) is 14.5. The van der Waals surface area contributed by atoms with E-state index in [0.717, 1.165) is 17.7 Å². The zero-order valence-electron chi connectivity index (χ0n) is 16.1. The fourth-order valence-electron chi connectivity index (χ4n) is 3.30. The summed E-state index contributed by atoms with van der Waals surface area (Å²) in [5, 5.41) is 0. The van der Waals surface area contributed by atoms with Crippen LogP contribution in [0.3, 0.4) is 0 Å². The van der Waals surface area contributed by atoms with Gasteiger partial charge in [-0.15, -0.1) is 0 Å². The zero-order valence-corrected chi connectivity index (χ0v) is 16.1. The van der Waals surface area contributed by atoms with Crippen molar-refractivity contribution < 1.29 is 18.7 Å². The molecule has 2 aromatic carbocycles.